The standard InChI is InChI=1S/C13H14N2O3/c1-13(2,3)18-12(17)10(15-14)11(16)9-7-5-4-6-8-9/h4-8H,1-3H3. The van der Waals surface area contributed by atoms with Gasteiger partial charge >= 0.3 is 11.7 Å². The fraction of sp³-hybridized carbons (Fsp3) is 0.308. The van der Waals surface area contributed by atoms with Gasteiger partial charge in [-0.3, -0.25) is 4.79 Å². The predicted molar refractivity (Wildman–Crippen MR) is 65.2 cm³/mol. The average Bonchev–Trinajstić information content (AvgIpc) is 2.28. The summed E-state index contributed by atoms with van der Waals surface area (Å²) in [5, 5.41) is 0. The van der Waals surface area contributed by atoms with Gasteiger partial charge in [0.2, 0.25) is 0 Å². The summed E-state index contributed by atoms with van der Waals surface area (Å²) in [6.45, 7) is 4.98. The third-order valence-corrected chi connectivity index (χ3v) is 1.94. The van der Waals surface area contributed by atoms with Gasteiger partial charge in [0.1, 0.15) is 5.60 Å². The molecule has 0 N–H and O–H groups in total. The molecule has 0 saturated carbocycles. The first kappa shape index (κ1) is 13.8. The van der Waals surface area contributed by atoms with E-state index in [1.807, 2.05) is 0 Å². The molecule has 0 fully saturated rings. The summed E-state index contributed by atoms with van der Waals surface area (Å²) in [6, 6.07) is 8.09. The summed E-state index contributed by atoms with van der Waals surface area (Å²) < 4.78 is 4.98. The van der Waals surface area contributed by atoms with Crippen molar-refractivity contribution in [2.24, 2.45) is 0 Å². The van der Waals surface area contributed by atoms with Crippen molar-refractivity contribution in [3.05, 3.63) is 41.4 Å². The number of carbonyl (C=O) groups excluding carboxylic acids is 2. The van der Waals surface area contributed by atoms with Crippen molar-refractivity contribution in [3.63, 3.8) is 0 Å². The molecule has 0 atom stereocenters. The minimum atomic E-state index is -0.946. The lowest BCUT2D eigenvalue weighted by atomic mass is 10.1. The second-order valence-corrected chi connectivity index (χ2v) is 4.65. The molecule has 5 nitrogen and oxygen atoms in total. The summed E-state index contributed by atoms with van der Waals surface area (Å²) in [5.74, 6) is -1.62. The Morgan fingerprint density at radius 1 is 1.17 bits per heavy atom. The molecule has 0 saturated heterocycles. The van der Waals surface area contributed by atoms with E-state index < -0.39 is 23.1 Å². The van der Waals surface area contributed by atoms with Crippen LogP contribution in [-0.2, 0) is 9.53 Å². The van der Waals surface area contributed by atoms with Gasteiger partial charge in [0, 0.05) is 5.56 Å². The molecule has 0 amide bonds. The molecule has 5 heteroatoms. The first-order valence-corrected chi connectivity index (χ1v) is 5.40. The molecule has 0 heterocycles. The molecule has 0 aliphatic heterocycles. The van der Waals surface area contributed by atoms with Gasteiger partial charge in [-0.2, -0.15) is 4.79 Å². The smallest absolute Gasteiger partial charge is 0.446 e. The van der Waals surface area contributed by atoms with Crippen molar-refractivity contribution in [1.29, 1.82) is 0 Å². The Hall–Kier alpha value is -2.26. The zero-order valence-corrected chi connectivity index (χ0v) is 10.5. The van der Waals surface area contributed by atoms with Gasteiger partial charge in [0.05, 0.1) is 0 Å². The molecule has 1 rings (SSSR count). The molecule has 0 spiro atoms. The van der Waals surface area contributed by atoms with E-state index in [-0.39, 0.29) is 5.56 Å². The lowest BCUT2D eigenvalue weighted by molar-refractivity contribution is -0.150. The molecule has 0 unspecified atom stereocenters. The molecule has 1 aromatic carbocycles. The molecule has 0 aliphatic rings. The molecule has 0 radical (unpaired) electrons. The fourth-order valence-electron chi connectivity index (χ4n) is 1.23. The second-order valence-electron chi connectivity index (χ2n) is 4.65. The van der Waals surface area contributed by atoms with Gasteiger partial charge < -0.3 is 10.3 Å². The van der Waals surface area contributed by atoms with Crippen molar-refractivity contribution >= 4 is 17.5 Å². The number of rotatable bonds is 3. The zero-order valence-electron chi connectivity index (χ0n) is 10.5. The second kappa shape index (κ2) is 5.38. The SMILES string of the molecule is CC(C)(C)OC(=O)C(=[N+]=[N-])C(=O)c1ccccc1. The maximum absolute atomic E-state index is 11.9. The van der Waals surface area contributed by atoms with Crippen LogP contribution in [0.5, 0.6) is 0 Å². The van der Waals surface area contributed by atoms with Gasteiger partial charge in [-0.1, -0.05) is 30.3 Å². The van der Waals surface area contributed by atoms with Gasteiger partial charge in [-0.15, -0.1) is 0 Å². The Balaban J connectivity index is 2.96. The van der Waals surface area contributed by atoms with E-state index in [9.17, 15) is 9.59 Å². The Kier molecular flexibility index (Phi) is 4.13. The van der Waals surface area contributed by atoms with Crippen LogP contribution in [0, 0.1) is 0 Å². The number of hydrogen-bond acceptors (Lipinski definition) is 3. The van der Waals surface area contributed by atoms with Crippen LogP contribution in [-0.4, -0.2) is 27.9 Å². The van der Waals surface area contributed by atoms with E-state index in [0.717, 1.165) is 0 Å². The quantitative estimate of drug-likeness (QED) is 0.204. The van der Waals surface area contributed by atoms with Crippen LogP contribution in [0.15, 0.2) is 30.3 Å². The molecule has 0 bridgehead atoms. The van der Waals surface area contributed by atoms with Crippen molar-refractivity contribution < 1.29 is 19.1 Å². The number of carbonyl (C=O) groups is 2. The fourth-order valence-corrected chi connectivity index (χ4v) is 1.23. The van der Waals surface area contributed by atoms with E-state index in [0.29, 0.717) is 0 Å². The van der Waals surface area contributed by atoms with Crippen LogP contribution in [0.3, 0.4) is 0 Å². The number of esters is 1. The lowest BCUT2D eigenvalue weighted by Crippen LogP contribution is -2.33. The van der Waals surface area contributed by atoms with Gasteiger partial charge in [0.15, 0.2) is 0 Å². The van der Waals surface area contributed by atoms with Crippen molar-refractivity contribution in [3.8, 4) is 0 Å². The number of Topliss-reactive ketones (excluding diaryl/α,β-unsaturated/α-hetero) is 1. The average molecular weight is 246 g/mol. The normalized spacial score (nSPS) is 10.4. The van der Waals surface area contributed by atoms with Gasteiger partial charge in [-0.05, 0) is 20.8 Å². The molecule has 18 heavy (non-hydrogen) atoms. The lowest BCUT2D eigenvalue weighted by Gasteiger charge is -2.17. The van der Waals surface area contributed by atoms with Crippen molar-refractivity contribution in [2.45, 2.75) is 26.4 Å². The van der Waals surface area contributed by atoms with E-state index in [1.54, 1.807) is 39.0 Å². The van der Waals surface area contributed by atoms with E-state index in [4.69, 9.17) is 10.3 Å². The van der Waals surface area contributed by atoms with E-state index in [2.05, 4.69) is 4.79 Å². The largest absolute Gasteiger partial charge is 0.451 e. The number of ketones is 1. The number of ether oxygens (including phenoxy) is 1. The van der Waals surface area contributed by atoms with Gasteiger partial charge in [-0.25, -0.2) is 4.79 Å². The van der Waals surface area contributed by atoms with Crippen LogP contribution in [0.1, 0.15) is 31.1 Å². The highest BCUT2D eigenvalue weighted by molar-refractivity contribution is 6.65. The van der Waals surface area contributed by atoms with Crippen LogP contribution in [0.2, 0.25) is 0 Å². The van der Waals surface area contributed by atoms with E-state index >= 15 is 0 Å². The van der Waals surface area contributed by atoms with Gasteiger partial charge in [0.25, 0.3) is 5.78 Å². The first-order valence-electron chi connectivity index (χ1n) is 5.40. The molecule has 1 aromatic rings. The summed E-state index contributed by atoms with van der Waals surface area (Å²) in [5.41, 5.74) is 7.66. The third kappa shape index (κ3) is 3.64. The first-order chi connectivity index (χ1) is 8.35. The van der Waals surface area contributed by atoms with E-state index in [1.165, 1.54) is 12.1 Å². The number of nitrogens with zero attached hydrogens (tertiary/aromatic N) is 2. The van der Waals surface area contributed by atoms with Crippen LogP contribution < -0.4 is 0 Å². The monoisotopic (exact) mass is 246 g/mol. The van der Waals surface area contributed by atoms with Crippen LogP contribution in [0.4, 0.5) is 0 Å². The van der Waals surface area contributed by atoms with Crippen molar-refractivity contribution in [1.82, 2.24) is 0 Å². The topological polar surface area (TPSA) is 79.8 Å². The summed E-state index contributed by atoms with van der Waals surface area (Å²) in [7, 11) is 0. The highest BCUT2D eigenvalue weighted by Gasteiger charge is 2.34. The number of hydrogen-bond donors (Lipinski definition) is 0. The highest BCUT2D eigenvalue weighted by atomic mass is 16.6. The molecule has 0 aromatic heterocycles. The molecular weight excluding hydrogens is 232 g/mol. The Bertz CT molecular complexity index is 509. The molecule has 0 aliphatic carbocycles. The molecular formula is C13H14N2O3. The highest BCUT2D eigenvalue weighted by Crippen LogP contribution is 2.09. The minimum absolute atomic E-state index is 0.260. The van der Waals surface area contributed by atoms with Crippen LogP contribution in [0.25, 0.3) is 5.53 Å². The summed E-state index contributed by atoms with van der Waals surface area (Å²) in [4.78, 5) is 26.3. The predicted octanol–water partition coefficient (Wildman–Crippen LogP) is 1.88. The Morgan fingerprint density at radius 2 is 1.72 bits per heavy atom. The van der Waals surface area contributed by atoms with Crippen LogP contribution >= 0.6 is 0 Å². The Morgan fingerprint density at radius 3 is 2.17 bits per heavy atom. The summed E-state index contributed by atoms with van der Waals surface area (Å²) in [6.07, 6.45) is 0. The Labute approximate surface area is 105 Å². The van der Waals surface area contributed by atoms with Crippen molar-refractivity contribution in [2.75, 3.05) is 0 Å². The minimum Gasteiger partial charge on any atom is -0.451 e. The third-order valence-electron chi connectivity index (χ3n) is 1.94. The maximum atomic E-state index is 11.9. The summed E-state index contributed by atoms with van der Waals surface area (Å²) >= 11 is 0. The zero-order chi connectivity index (χ0) is 13.8. The molecule has 94 valence electrons. The number of benzene rings is 1. The maximum Gasteiger partial charge on any atom is 0.446 e.